The van der Waals surface area contributed by atoms with E-state index in [0.717, 1.165) is 5.56 Å². The van der Waals surface area contributed by atoms with Crippen LogP contribution in [-0.4, -0.2) is 49.9 Å². The molecule has 0 saturated carbocycles. The molecule has 1 N–H and O–H groups in total. The zero-order chi connectivity index (χ0) is 25.0. The number of carbonyl (C=O) groups excluding carboxylic acids is 1. The third kappa shape index (κ3) is 5.57. The average molecular weight is 504 g/mol. The number of benzene rings is 2. The maximum atomic E-state index is 13.2. The van der Waals surface area contributed by atoms with E-state index >= 15 is 0 Å². The topological polar surface area (TPSA) is 97.8 Å². The van der Waals surface area contributed by atoms with Gasteiger partial charge in [0.05, 0.1) is 29.3 Å². The number of ether oxygens (including phenoxy) is 2. The Labute approximate surface area is 204 Å². The van der Waals surface area contributed by atoms with E-state index in [1.54, 1.807) is 50.6 Å². The third-order valence-electron chi connectivity index (χ3n) is 5.02. The molecule has 0 radical (unpaired) electrons. The van der Waals surface area contributed by atoms with Gasteiger partial charge in [-0.15, -0.1) is 0 Å². The highest BCUT2D eigenvalue weighted by Gasteiger charge is 2.29. The Bertz CT molecular complexity index is 1310. The number of nitrogens with one attached hydrogen (secondary N) is 1. The number of sulfonamides is 1. The summed E-state index contributed by atoms with van der Waals surface area (Å²) in [4.78, 5) is 17.0. The van der Waals surface area contributed by atoms with Crippen LogP contribution in [0, 0.1) is 0 Å². The van der Waals surface area contributed by atoms with Gasteiger partial charge >= 0.3 is 0 Å². The van der Waals surface area contributed by atoms with Gasteiger partial charge in [-0.3, -0.25) is 10.1 Å². The van der Waals surface area contributed by atoms with Crippen LogP contribution in [0.3, 0.4) is 0 Å². The molecule has 182 valence electrons. The molecule has 0 aliphatic heterocycles. The molecule has 0 spiro atoms. The number of aromatic nitrogens is 1. The first-order chi connectivity index (χ1) is 16.1. The van der Waals surface area contributed by atoms with Crippen LogP contribution in [-0.2, 0) is 14.8 Å². The first-order valence-electron chi connectivity index (χ1n) is 10.7. The molecular formula is C24H29N3O5S2. The quantitative estimate of drug-likeness (QED) is 0.422. The standard InChI is InChI=1S/C24H29N3O5S2/c1-15(2)27(16(3)4)34(29,30)18-9-10-19-22(14-18)33-24(25-19)26-23(28)12-8-17-7-11-20(31-5)21(13-17)32-6/h7-16H,1-6H3,(H,25,26,28). The largest absolute Gasteiger partial charge is 0.493 e. The monoisotopic (exact) mass is 503 g/mol. The van der Waals surface area contributed by atoms with E-state index in [-0.39, 0.29) is 22.9 Å². The highest BCUT2D eigenvalue weighted by Crippen LogP contribution is 2.31. The van der Waals surface area contributed by atoms with Gasteiger partial charge in [0, 0.05) is 18.2 Å². The first-order valence-corrected chi connectivity index (χ1v) is 13.0. The van der Waals surface area contributed by atoms with Gasteiger partial charge in [0.25, 0.3) is 0 Å². The Kier molecular flexibility index (Phi) is 7.96. The van der Waals surface area contributed by atoms with Crippen molar-refractivity contribution in [3.05, 3.63) is 48.0 Å². The van der Waals surface area contributed by atoms with Gasteiger partial charge < -0.3 is 9.47 Å². The Morgan fingerprint density at radius 1 is 1.03 bits per heavy atom. The van der Waals surface area contributed by atoms with Gasteiger partial charge in [-0.25, -0.2) is 13.4 Å². The zero-order valence-corrected chi connectivity index (χ0v) is 21.7. The molecule has 0 aliphatic carbocycles. The highest BCUT2D eigenvalue weighted by molar-refractivity contribution is 7.89. The molecule has 34 heavy (non-hydrogen) atoms. The molecule has 0 unspecified atom stereocenters. The summed E-state index contributed by atoms with van der Waals surface area (Å²) >= 11 is 1.22. The van der Waals surface area contributed by atoms with Crippen LogP contribution in [0.1, 0.15) is 33.3 Å². The molecule has 8 nitrogen and oxygen atoms in total. The third-order valence-corrected chi connectivity index (χ3v) is 8.20. The van der Waals surface area contributed by atoms with Gasteiger partial charge in [-0.05, 0) is 69.7 Å². The summed E-state index contributed by atoms with van der Waals surface area (Å²) < 4.78 is 39.0. The maximum Gasteiger partial charge on any atom is 0.250 e. The lowest BCUT2D eigenvalue weighted by molar-refractivity contribution is -0.111. The van der Waals surface area contributed by atoms with Crippen molar-refractivity contribution in [1.29, 1.82) is 0 Å². The molecular weight excluding hydrogens is 474 g/mol. The number of carbonyl (C=O) groups is 1. The molecule has 2 aromatic carbocycles. The van der Waals surface area contributed by atoms with Gasteiger partial charge in [-0.2, -0.15) is 4.31 Å². The summed E-state index contributed by atoms with van der Waals surface area (Å²) in [7, 11) is -0.556. The molecule has 0 saturated heterocycles. The van der Waals surface area contributed by atoms with Crippen molar-refractivity contribution < 1.29 is 22.7 Å². The highest BCUT2D eigenvalue weighted by atomic mass is 32.2. The molecule has 0 atom stereocenters. The van der Waals surface area contributed by atoms with Crippen LogP contribution in [0.2, 0.25) is 0 Å². The fourth-order valence-electron chi connectivity index (χ4n) is 3.67. The van der Waals surface area contributed by atoms with Gasteiger partial charge in [0.1, 0.15) is 0 Å². The molecule has 0 bridgehead atoms. The van der Waals surface area contributed by atoms with Gasteiger partial charge in [0.15, 0.2) is 16.6 Å². The van der Waals surface area contributed by atoms with E-state index in [4.69, 9.17) is 9.47 Å². The Balaban J connectivity index is 1.79. The SMILES string of the molecule is COc1ccc(C=CC(=O)Nc2nc3ccc(S(=O)(=O)N(C(C)C)C(C)C)cc3s2)cc1OC. The number of methoxy groups -OCH3 is 2. The van der Waals surface area contributed by atoms with Gasteiger partial charge in [0.2, 0.25) is 15.9 Å². The van der Waals surface area contributed by atoms with E-state index in [1.165, 1.54) is 21.7 Å². The van der Waals surface area contributed by atoms with Crippen LogP contribution >= 0.6 is 11.3 Å². The fraction of sp³-hybridized carbons (Fsp3) is 0.333. The van der Waals surface area contributed by atoms with E-state index in [1.807, 2.05) is 33.8 Å². The minimum Gasteiger partial charge on any atom is -0.493 e. The fourth-order valence-corrected chi connectivity index (χ4v) is 6.51. The summed E-state index contributed by atoms with van der Waals surface area (Å²) in [6.07, 6.45) is 3.05. The average Bonchev–Trinajstić information content (AvgIpc) is 3.17. The lowest BCUT2D eigenvalue weighted by Gasteiger charge is -2.29. The summed E-state index contributed by atoms with van der Waals surface area (Å²) in [5.74, 6) is 0.813. The second-order valence-corrected chi connectivity index (χ2v) is 11.0. The molecule has 1 aromatic heterocycles. The molecule has 3 rings (SSSR count). The smallest absolute Gasteiger partial charge is 0.250 e. The Morgan fingerprint density at radius 2 is 1.71 bits per heavy atom. The number of hydrogen-bond donors (Lipinski definition) is 1. The van der Waals surface area contributed by atoms with E-state index in [2.05, 4.69) is 10.3 Å². The summed E-state index contributed by atoms with van der Waals surface area (Å²) in [5.41, 5.74) is 1.38. The normalized spacial score (nSPS) is 12.3. The van der Waals surface area contributed by atoms with Crippen LogP contribution in [0.4, 0.5) is 5.13 Å². The Hall–Kier alpha value is -2.95. The van der Waals surface area contributed by atoms with Crippen molar-refractivity contribution in [1.82, 2.24) is 9.29 Å². The number of nitrogens with zero attached hydrogens (tertiary/aromatic N) is 2. The Morgan fingerprint density at radius 3 is 2.32 bits per heavy atom. The van der Waals surface area contributed by atoms with Crippen molar-refractivity contribution in [2.45, 2.75) is 44.7 Å². The second-order valence-electron chi connectivity index (χ2n) is 8.11. The molecule has 0 aliphatic rings. The second kappa shape index (κ2) is 10.5. The number of rotatable bonds is 9. The summed E-state index contributed by atoms with van der Waals surface area (Å²) in [6.45, 7) is 7.41. The van der Waals surface area contributed by atoms with E-state index in [9.17, 15) is 13.2 Å². The summed E-state index contributed by atoms with van der Waals surface area (Å²) in [6, 6.07) is 9.81. The maximum absolute atomic E-state index is 13.2. The van der Waals surface area contributed by atoms with E-state index in [0.29, 0.717) is 26.8 Å². The zero-order valence-electron chi connectivity index (χ0n) is 20.0. The number of thiazole rings is 1. The van der Waals surface area contributed by atoms with Crippen molar-refractivity contribution in [3.63, 3.8) is 0 Å². The minimum absolute atomic E-state index is 0.172. The molecule has 10 heteroatoms. The minimum atomic E-state index is -3.66. The number of anilines is 1. The van der Waals surface area contributed by atoms with Crippen molar-refractivity contribution >= 4 is 48.7 Å². The van der Waals surface area contributed by atoms with Gasteiger partial charge in [-0.1, -0.05) is 17.4 Å². The molecule has 3 aromatic rings. The van der Waals surface area contributed by atoms with Crippen molar-refractivity contribution in [3.8, 4) is 11.5 Å². The molecule has 1 heterocycles. The molecule has 1 amide bonds. The first kappa shape index (κ1) is 25.7. The lowest BCUT2D eigenvalue weighted by atomic mass is 10.2. The molecule has 0 fully saturated rings. The van der Waals surface area contributed by atoms with Crippen LogP contribution in [0.15, 0.2) is 47.4 Å². The summed E-state index contributed by atoms with van der Waals surface area (Å²) in [5, 5.41) is 3.12. The van der Waals surface area contributed by atoms with Crippen LogP contribution in [0.25, 0.3) is 16.3 Å². The predicted octanol–water partition coefficient (Wildman–Crippen LogP) is 4.77. The van der Waals surface area contributed by atoms with Crippen LogP contribution < -0.4 is 14.8 Å². The number of hydrogen-bond acceptors (Lipinski definition) is 7. The number of amides is 1. The lowest BCUT2D eigenvalue weighted by Crippen LogP contribution is -2.41. The van der Waals surface area contributed by atoms with Crippen LogP contribution in [0.5, 0.6) is 11.5 Å². The van der Waals surface area contributed by atoms with Crippen molar-refractivity contribution in [2.75, 3.05) is 19.5 Å². The predicted molar refractivity (Wildman–Crippen MR) is 136 cm³/mol. The van der Waals surface area contributed by atoms with E-state index < -0.39 is 10.0 Å². The number of fused-ring (bicyclic) bond motifs is 1. The van der Waals surface area contributed by atoms with Crippen molar-refractivity contribution in [2.24, 2.45) is 0 Å².